The van der Waals surface area contributed by atoms with Gasteiger partial charge in [0.1, 0.15) is 11.3 Å². The number of benzene rings is 3. The minimum atomic E-state index is -0.279. The van der Waals surface area contributed by atoms with Gasteiger partial charge >= 0.3 is 0 Å². The van der Waals surface area contributed by atoms with E-state index in [1.54, 1.807) is 44.1 Å². The van der Waals surface area contributed by atoms with E-state index >= 15 is 0 Å². The second kappa shape index (κ2) is 12.3. The van der Waals surface area contributed by atoms with E-state index in [2.05, 4.69) is 10.5 Å². The molecule has 9 nitrogen and oxygen atoms in total. The van der Waals surface area contributed by atoms with Gasteiger partial charge in [-0.1, -0.05) is 41.6 Å². The predicted octanol–water partition coefficient (Wildman–Crippen LogP) is 4.86. The Morgan fingerprint density at radius 3 is 2.23 bits per heavy atom. The molecule has 0 saturated heterocycles. The Morgan fingerprint density at radius 2 is 1.59 bits per heavy atom. The average molecular weight is 529 g/mol. The van der Waals surface area contributed by atoms with Crippen molar-refractivity contribution in [3.05, 3.63) is 106 Å². The number of carbonyl (C=O) groups excluding carboxylic acids is 2. The van der Waals surface area contributed by atoms with Gasteiger partial charge in [0, 0.05) is 30.9 Å². The summed E-state index contributed by atoms with van der Waals surface area (Å²) in [5.74, 6) is 1.05. The molecule has 0 radical (unpaired) electrons. The summed E-state index contributed by atoms with van der Waals surface area (Å²) in [4.78, 5) is 28.2. The molecule has 1 aromatic heterocycles. The summed E-state index contributed by atoms with van der Waals surface area (Å²) >= 11 is 0. The lowest BCUT2D eigenvalue weighted by molar-refractivity contribution is 0.0727. The van der Waals surface area contributed by atoms with Crippen molar-refractivity contribution >= 4 is 17.5 Å². The minimum Gasteiger partial charge on any atom is -0.493 e. The van der Waals surface area contributed by atoms with E-state index in [0.717, 1.165) is 16.7 Å². The summed E-state index contributed by atoms with van der Waals surface area (Å²) in [6.45, 7) is 4.64. The molecule has 0 aliphatic rings. The third kappa shape index (κ3) is 6.45. The lowest BCUT2D eigenvalue weighted by Crippen LogP contribution is -2.31. The first-order chi connectivity index (χ1) is 18.8. The van der Waals surface area contributed by atoms with Gasteiger partial charge in [-0.3, -0.25) is 9.59 Å². The normalized spacial score (nSPS) is 10.7. The van der Waals surface area contributed by atoms with Gasteiger partial charge in [-0.05, 0) is 60.9 Å². The molecule has 4 aromatic rings. The number of amides is 2. The predicted molar refractivity (Wildman–Crippen MR) is 148 cm³/mol. The molecule has 0 bridgehead atoms. The molecule has 0 saturated carbocycles. The lowest BCUT2D eigenvalue weighted by Gasteiger charge is -2.23. The van der Waals surface area contributed by atoms with Crippen molar-refractivity contribution in [1.82, 2.24) is 10.1 Å². The Balaban J connectivity index is 1.52. The molecule has 202 valence electrons. The van der Waals surface area contributed by atoms with Crippen LogP contribution >= 0.6 is 0 Å². The number of ether oxygens (including phenoxy) is 2. The maximum Gasteiger partial charge on any atom is 0.259 e. The molecule has 3 N–H and O–H groups in total. The van der Waals surface area contributed by atoms with Crippen molar-refractivity contribution in [2.45, 2.75) is 33.5 Å². The van der Waals surface area contributed by atoms with Crippen molar-refractivity contribution < 1.29 is 23.6 Å². The van der Waals surface area contributed by atoms with Gasteiger partial charge in [0.25, 0.3) is 11.8 Å². The minimum absolute atomic E-state index is 0.171. The van der Waals surface area contributed by atoms with Gasteiger partial charge in [-0.2, -0.15) is 0 Å². The van der Waals surface area contributed by atoms with Crippen molar-refractivity contribution in [2.24, 2.45) is 5.73 Å². The van der Waals surface area contributed by atoms with Crippen LogP contribution in [-0.2, 0) is 19.6 Å². The molecule has 4 rings (SSSR count). The van der Waals surface area contributed by atoms with E-state index in [1.807, 2.05) is 48.5 Å². The van der Waals surface area contributed by atoms with E-state index in [0.29, 0.717) is 59.4 Å². The zero-order valence-corrected chi connectivity index (χ0v) is 22.5. The van der Waals surface area contributed by atoms with Crippen LogP contribution in [0.4, 0.5) is 5.69 Å². The smallest absolute Gasteiger partial charge is 0.259 e. The second-order valence-electron chi connectivity index (χ2n) is 9.11. The standard InChI is InChI=1S/C30H32N4O5/c1-19-28(20(2)39-33-19)30(36)34(18-23-7-5-6-22(14-23)16-31)17-21-8-11-25(12-9-21)32-29(35)24-10-13-26(37-3)27(15-24)38-4/h5-15H,16-18,31H2,1-4H3,(H,32,35). The summed E-state index contributed by atoms with van der Waals surface area (Å²) < 4.78 is 15.8. The molecular weight excluding hydrogens is 496 g/mol. The van der Waals surface area contributed by atoms with Gasteiger partial charge in [0.2, 0.25) is 0 Å². The second-order valence-corrected chi connectivity index (χ2v) is 9.11. The maximum atomic E-state index is 13.6. The number of rotatable bonds is 10. The fourth-order valence-corrected chi connectivity index (χ4v) is 4.32. The molecule has 0 atom stereocenters. The maximum absolute atomic E-state index is 13.6. The highest BCUT2D eigenvalue weighted by Gasteiger charge is 2.24. The number of anilines is 1. The molecule has 0 unspecified atom stereocenters. The van der Waals surface area contributed by atoms with Crippen molar-refractivity contribution in [3.63, 3.8) is 0 Å². The lowest BCUT2D eigenvalue weighted by atomic mass is 10.1. The highest BCUT2D eigenvalue weighted by atomic mass is 16.5. The molecular formula is C30H32N4O5. The van der Waals surface area contributed by atoms with Crippen LogP contribution in [0, 0.1) is 13.8 Å². The van der Waals surface area contributed by atoms with Crippen LogP contribution < -0.4 is 20.5 Å². The monoisotopic (exact) mass is 528 g/mol. The largest absolute Gasteiger partial charge is 0.493 e. The zero-order chi connectivity index (χ0) is 27.9. The number of nitrogens with two attached hydrogens (primary N) is 1. The molecule has 0 spiro atoms. The number of aromatic nitrogens is 1. The summed E-state index contributed by atoms with van der Waals surface area (Å²) in [7, 11) is 3.06. The number of hydrogen-bond acceptors (Lipinski definition) is 7. The molecule has 0 fully saturated rings. The highest BCUT2D eigenvalue weighted by Crippen LogP contribution is 2.28. The SMILES string of the molecule is COc1ccc(C(=O)Nc2ccc(CN(Cc3cccc(CN)c3)C(=O)c3c(C)noc3C)cc2)cc1OC. The van der Waals surface area contributed by atoms with Crippen LogP contribution in [0.2, 0.25) is 0 Å². The quantitative estimate of drug-likeness (QED) is 0.302. The summed E-state index contributed by atoms with van der Waals surface area (Å²) in [5, 5.41) is 6.84. The molecule has 1 heterocycles. The molecule has 39 heavy (non-hydrogen) atoms. The van der Waals surface area contributed by atoms with Crippen molar-refractivity contribution in [1.29, 1.82) is 0 Å². The van der Waals surface area contributed by atoms with Crippen molar-refractivity contribution in [3.8, 4) is 11.5 Å². The Labute approximate surface area is 227 Å². The Hall–Kier alpha value is -4.63. The van der Waals surface area contributed by atoms with E-state index < -0.39 is 0 Å². The number of nitrogens with zero attached hydrogens (tertiary/aromatic N) is 2. The number of hydrogen-bond donors (Lipinski definition) is 2. The number of aryl methyl sites for hydroxylation is 2. The number of methoxy groups -OCH3 is 2. The molecule has 3 aromatic carbocycles. The topological polar surface area (TPSA) is 120 Å². The first-order valence-electron chi connectivity index (χ1n) is 12.4. The molecule has 0 aliphatic carbocycles. The zero-order valence-electron chi connectivity index (χ0n) is 22.5. The third-order valence-electron chi connectivity index (χ3n) is 6.37. The highest BCUT2D eigenvalue weighted by molar-refractivity contribution is 6.04. The number of nitrogens with one attached hydrogen (secondary N) is 1. The van der Waals surface area contributed by atoms with Crippen LogP contribution in [0.15, 0.2) is 71.3 Å². The fraction of sp³-hybridized carbons (Fsp3) is 0.233. The van der Waals surface area contributed by atoms with Gasteiger partial charge in [-0.25, -0.2) is 0 Å². The van der Waals surface area contributed by atoms with Gasteiger partial charge in [0.15, 0.2) is 11.5 Å². The van der Waals surface area contributed by atoms with Crippen LogP contribution in [0.3, 0.4) is 0 Å². The number of carbonyl (C=O) groups is 2. The van der Waals surface area contributed by atoms with Crippen molar-refractivity contribution in [2.75, 3.05) is 19.5 Å². The Kier molecular flexibility index (Phi) is 8.63. The molecule has 9 heteroatoms. The molecule has 0 aliphatic heterocycles. The van der Waals surface area contributed by atoms with Gasteiger partial charge in [0.05, 0.1) is 19.9 Å². The van der Waals surface area contributed by atoms with Gasteiger partial charge < -0.3 is 29.9 Å². The van der Waals surface area contributed by atoms with Gasteiger partial charge in [-0.15, -0.1) is 0 Å². The Bertz CT molecular complexity index is 1440. The van der Waals surface area contributed by atoms with Crippen LogP contribution in [0.25, 0.3) is 0 Å². The first-order valence-corrected chi connectivity index (χ1v) is 12.4. The summed E-state index contributed by atoms with van der Waals surface area (Å²) in [6.07, 6.45) is 0. The summed E-state index contributed by atoms with van der Waals surface area (Å²) in [5.41, 5.74) is 10.7. The Morgan fingerprint density at radius 1 is 0.897 bits per heavy atom. The van der Waals surface area contributed by atoms with E-state index in [4.69, 9.17) is 19.7 Å². The third-order valence-corrected chi connectivity index (χ3v) is 6.37. The van der Waals surface area contributed by atoms with Crippen LogP contribution in [0.1, 0.15) is 48.9 Å². The van der Waals surface area contributed by atoms with E-state index in [-0.39, 0.29) is 11.8 Å². The molecule has 2 amide bonds. The fourth-order valence-electron chi connectivity index (χ4n) is 4.32. The van der Waals surface area contributed by atoms with Crippen LogP contribution in [-0.4, -0.2) is 36.1 Å². The van der Waals surface area contributed by atoms with Crippen LogP contribution in [0.5, 0.6) is 11.5 Å². The van der Waals surface area contributed by atoms with E-state index in [9.17, 15) is 9.59 Å². The first kappa shape index (κ1) is 27.4. The van der Waals surface area contributed by atoms with E-state index in [1.165, 1.54) is 7.11 Å². The summed E-state index contributed by atoms with van der Waals surface area (Å²) in [6, 6.07) is 20.2. The average Bonchev–Trinajstić information content (AvgIpc) is 3.30.